The van der Waals surface area contributed by atoms with Crippen molar-refractivity contribution in [3.05, 3.63) is 0 Å². The second-order valence-corrected chi connectivity index (χ2v) is 8.04. The van der Waals surface area contributed by atoms with Crippen LogP contribution in [0.4, 0.5) is 0 Å². The van der Waals surface area contributed by atoms with Crippen LogP contribution in [0.15, 0.2) is 0 Å². The van der Waals surface area contributed by atoms with Crippen LogP contribution in [0.1, 0.15) is 27.2 Å². The van der Waals surface area contributed by atoms with Gasteiger partial charge in [0.25, 0.3) is 0 Å². The first-order chi connectivity index (χ1) is 6.54. The van der Waals surface area contributed by atoms with Gasteiger partial charge in [-0.25, -0.2) is 0 Å². The van der Waals surface area contributed by atoms with Crippen LogP contribution >= 0.6 is 68.8 Å². The van der Waals surface area contributed by atoms with E-state index in [0.717, 1.165) is 0 Å². The Labute approximate surface area is 122 Å². The normalized spacial score (nSPS) is 12.6. The van der Waals surface area contributed by atoms with Crippen molar-refractivity contribution in [1.82, 2.24) is 0 Å². The molecule has 86 valence electrons. The second-order valence-electron chi connectivity index (χ2n) is 4.75. The van der Waals surface area contributed by atoms with Crippen LogP contribution in [0.3, 0.4) is 0 Å². The van der Waals surface area contributed by atoms with E-state index in [2.05, 4.69) is 0 Å². The lowest BCUT2D eigenvalue weighted by Gasteiger charge is -2.38. The van der Waals surface area contributed by atoms with Gasteiger partial charge in [0.1, 0.15) is 0 Å². The molecule has 0 heterocycles. The first-order valence-electron chi connectivity index (χ1n) is 4.38. The summed E-state index contributed by atoms with van der Waals surface area (Å²) in [4.78, 5) is 0. The first-order valence-corrected chi connectivity index (χ1v) is 7.00. The Hall–Kier alpha value is 1.93. The Morgan fingerprint density at radius 3 is 1.07 bits per heavy atom. The molecular formula is C6H11B3Cl6. The Morgan fingerprint density at radius 1 is 0.733 bits per heavy atom. The van der Waals surface area contributed by atoms with Gasteiger partial charge in [-0.15, -0.1) is 0 Å². The lowest BCUT2D eigenvalue weighted by atomic mass is 9.35. The van der Waals surface area contributed by atoms with E-state index in [9.17, 15) is 0 Å². The van der Waals surface area contributed by atoms with Gasteiger partial charge in [0, 0.05) is 0 Å². The van der Waals surface area contributed by atoms with E-state index in [-0.39, 0.29) is 5.41 Å². The summed E-state index contributed by atoms with van der Waals surface area (Å²) in [6.45, 7) is 6.05. The molecule has 0 aliphatic heterocycles. The molecule has 0 saturated carbocycles. The fourth-order valence-corrected chi connectivity index (χ4v) is 4.18. The van der Waals surface area contributed by atoms with E-state index in [0.29, 0.717) is 6.42 Å². The van der Waals surface area contributed by atoms with Crippen molar-refractivity contribution in [2.45, 2.75) is 32.3 Å². The summed E-state index contributed by atoms with van der Waals surface area (Å²) in [5.41, 5.74) is -2.54. The molecule has 0 aromatic heterocycles. The van der Waals surface area contributed by atoms with Gasteiger partial charge in [-0.2, -0.15) is 68.8 Å². The maximum atomic E-state index is 5.92. The Balaban J connectivity index is 5.15. The molecule has 0 aromatic carbocycles. The van der Waals surface area contributed by atoms with Gasteiger partial charge in [0.05, 0.1) is 0 Å². The highest BCUT2D eigenvalue weighted by Gasteiger charge is 2.56. The molecular weight excluding hydrogens is 317 g/mol. The van der Waals surface area contributed by atoms with Crippen molar-refractivity contribution < 1.29 is 0 Å². The van der Waals surface area contributed by atoms with Crippen LogP contribution in [0.5, 0.6) is 0 Å². The molecule has 0 nitrogen and oxygen atoms in total. The highest BCUT2D eigenvalue weighted by Crippen LogP contribution is 2.52. The molecule has 0 saturated heterocycles. The third kappa shape index (κ3) is 4.60. The van der Waals surface area contributed by atoms with Gasteiger partial charge in [-0.3, -0.25) is 0 Å². The van der Waals surface area contributed by atoms with E-state index in [1.54, 1.807) is 0 Å². The van der Waals surface area contributed by atoms with Crippen molar-refractivity contribution in [2.75, 3.05) is 0 Å². The smallest absolute Gasteiger partial charge is 0.172 e. The van der Waals surface area contributed by atoms with Gasteiger partial charge >= 0.3 is 16.6 Å². The summed E-state index contributed by atoms with van der Waals surface area (Å²) < 4.78 is 0. The van der Waals surface area contributed by atoms with Gasteiger partial charge < -0.3 is 0 Å². The van der Waals surface area contributed by atoms with Crippen molar-refractivity contribution >= 4 is 85.4 Å². The van der Waals surface area contributed by atoms with E-state index in [1.165, 1.54) is 0 Å². The molecule has 0 rings (SSSR count). The van der Waals surface area contributed by atoms with Crippen molar-refractivity contribution in [3.8, 4) is 0 Å². The quantitative estimate of drug-likeness (QED) is 0.627. The highest BCUT2D eigenvalue weighted by molar-refractivity contribution is 7.57. The lowest BCUT2D eigenvalue weighted by molar-refractivity contribution is 0.377. The molecule has 0 N–H and O–H groups in total. The monoisotopic (exact) mass is 326 g/mol. The molecule has 0 aromatic rings. The average molecular weight is 328 g/mol. The predicted molar refractivity (Wildman–Crippen MR) is 79.1 cm³/mol. The first kappa shape index (κ1) is 16.9. The molecule has 15 heavy (non-hydrogen) atoms. The van der Waals surface area contributed by atoms with Crippen molar-refractivity contribution in [3.63, 3.8) is 0 Å². The number of hydrogen-bond acceptors (Lipinski definition) is 0. The van der Waals surface area contributed by atoms with Crippen LogP contribution in [-0.4, -0.2) is 16.6 Å². The van der Waals surface area contributed by atoms with Crippen LogP contribution < -0.4 is 0 Å². The largest absolute Gasteiger partial charge is 0.348 e. The van der Waals surface area contributed by atoms with Crippen molar-refractivity contribution in [1.29, 1.82) is 0 Å². The molecule has 0 fully saturated rings. The standard InChI is InChI=1S/C6H11B3Cl6/c1-5(2,3)4-6(7(10)11,8(12)13)9(14)15/h4H2,1-3H3. The molecule has 0 spiro atoms. The lowest BCUT2D eigenvalue weighted by Crippen LogP contribution is -2.44. The molecule has 0 unspecified atom stereocenters. The van der Waals surface area contributed by atoms with Gasteiger partial charge in [-0.1, -0.05) is 27.2 Å². The summed E-state index contributed by atoms with van der Waals surface area (Å²) in [5.74, 6) is 0. The fourth-order valence-electron chi connectivity index (χ4n) is 1.44. The zero-order valence-electron chi connectivity index (χ0n) is 8.71. The minimum Gasteiger partial charge on any atom is -0.172 e. The molecule has 9 heteroatoms. The third-order valence-corrected chi connectivity index (χ3v) is 4.49. The summed E-state index contributed by atoms with van der Waals surface area (Å²) in [5, 5.41) is -0.923. The molecule has 0 aliphatic carbocycles. The van der Waals surface area contributed by atoms with Gasteiger partial charge in [0.15, 0.2) is 0 Å². The minimum atomic E-state index is -0.923. The Kier molecular flexibility index (Phi) is 7.00. The van der Waals surface area contributed by atoms with E-state index in [4.69, 9.17) is 68.8 Å². The van der Waals surface area contributed by atoms with Crippen LogP contribution in [0, 0.1) is 5.41 Å². The number of rotatable bonds is 4. The average Bonchev–Trinajstić information content (AvgIpc) is 1.96. The molecule has 0 radical (unpaired) electrons. The topological polar surface area (TPSA) is 0 Å². The van der Waals surface area contributed by atoms with E-state index < -0.39 is 21.7 Å². The molecule has 0 atom stereocenters. The zero-order valence-corrected chi connectivity index (χ0v) is 13.2. The van der Waals surface area contributed by atoms with Crippen LogP contribution in [0.2, 0.25) is 5.11 Å². The maximum absolute atomic E-state index is 5.92. The Morgan fingerprint density at radius 2 is 1.00 bits per heavy atom. The fraction of sp³-hybridized carbons (Fsp3) is 1.00. The van der Waals surface area contributed by atoms with Gasteiger partial charge in [-0.05, 0) is 10.5 Å². The minimum absolute atomic E-state index is 0.0773. The summed E-state index contributed by atoms with van der Waals surface area (Å²) in [6.07, 6.45) is 0.535. The summed E-state index contributed by atoms with van der Waals surface area (Å²) >= 11 is 35.5. The van der Waals surface area contributed by atoms with E-state index >= 15 is 0 Å². The van der Waals surface area contributed by atoms with Crippen LogP contribution in [-0.2, 0) is 0 Å². The maximum Gasteiger partial charge on any atom is 0.348 e. The molecule has 0 amide bonds. The molecule has 0 bridgehead atoms. The zero-order chi connectivity index (χ0) is 12.4. The second kappa shape index (κ2) is 6.20. The third-order valence-electron chi connectivity index (χ3n) is 2.06. The SMILES string of the molecule is CC(C)(C)CC(B(Cl)Cl)(B(Cl)Cl)B(Cl)Cl. The highest BCUT2D eigenvalue weighted by atomic mass is 35.5. The molecule has 0 aliphatic rings. The van der Waals surface area contributed by atoms with E-state index in [1.807, 2.05) is 20.8 Å². The summed E-state index contributed by atoms with van der Waals surface area (Å²) in [6, 6.07) is 0. The predicted octanol–water partition coefficient (Wildman–Crippen LogP) is 5.14. The summed E-state index contributed by atoms with van der Waals surface area (Å²) in [7, 11) is 0. The Bertz CT molecular complexity index is 180. The van der Waals surface area contributed by atoms with Gasteiger partial charge in [0.2, 0.25) is 0 Å². The number of hydrogen-bond donors (Lipinski definition) is 0. The van der Waals surface area contributed by atoms with Crippen LogP contribution in [0.25, 0.3) is 0 Å². The number of halogens is 6. The van der Waals surface area contributed by atoms with Crippen molar-refractivity contribution in [2.24, 2.45) is 5.41 Å².